The lowest BCUT2D eigenvalue weighted by Crippen LogP contribution is -2.37. The lowest BCUT2D eigenvalue weighted by molar-refractivity contribution is 0.659. The molecular weight excluding hydrogens is 224 g/mol. The van der Waals surface area contributed by atoms with Crippen LogP contribution in [-0.2, 0) is 19.4 Å². The molecule has 0 saturated carbocycles. The summed E-state index contributed by atoms with van der Waals surface area (Å²) in [6, 6.07) is 4.82. The molecule has 18 heavy (non-hydrogen) atoms. The molecule has 96 valence electrons. The summed E-state index contributed by atoms with van der Waals surface area (Å²) in [5, 5.41) is 6.61. The van der Waals surface area contributed by atoms with E-state index in [4.69, 9.17) is 4.98 Å². The Morgan fingerprint density at radius 3 is 3.06 bits per heavy atom. The van der Waals surface area contributed by atoms with Crippen molar-refractivity contribution in [1.29, 1.82) is 0 Å². The van der Waals surface area contributed by atoms with Gasteiger partial charge in [-0.25, -0.2) is 0 Å². The SMILES string of the molecule is CC1CN=C(NCc2ccc3c(n2)CCCC3)N1. The Balaban J connectivity index is 1.63. The molecule has 1 aliphatic heterocycles. The predicted octanol–water partition coefficient (Wildman–Crippen LogP) is 1.40. The van der Waals surface area contributed by atoms with Crippen LogP contribution in [0.5, 0.6) is 0 Å². The number of hydrogen-bond donors (Lipinski definition) is 2. The van der Waals surface area contributed by atoms with Gasteiger partial charge in [-0.15, -0.1) is 0 Å². The predicted molar refractivity (Wildman–Crippen MR) is 72.6 cm³/mol. The zero-order chi connectivity index (χ0) is 12.4. The molecule has 0 aromatic carbocycles. The number of nitrogens with zero attached hydrogens (tertiary/aromatic N) is 2. The number of hydrogen-bond acceptors (Lipinski definition) is 4. The van der Waals surface area contributed by atoms with E-state index in [1.54, 1.807) is 0 Å². The smallest absolute Gasteiger partial charge is 0.191 e. The summed E-state index contributed by atoms with van der Waals surface area (Å²) in [5.74, 6) is 0.905. The fraction of sp³-hybridized carbons (Fsp3) is 0.571. The molecule has 2 N–H and O–H groups in total. The van der Waals surface area contributed by atoms with E-state index in [-0.39, 0.29) is 0 Å². The van der Waals surface area contributed by atoms with Crippen molar-refractivity contribution in [3.05, 3.63) is 29.1 Å². The Morgan fingerprint density at radius 2 is 2.22 bits per heavy atom. The highest BCUT2D eigenvalue weighted by Crippen LogP contribution is 2.19. The van der Waals surface area contributed by atoms with Crippen molar-refractivity contribution >= 4 is 5.96 Å². The lowest BCUT2D eigenvalue weighted by atomic mass is 9.96. The first-order valence-corrected chi connectivity index (χ1v) is 6.84. The highest BCUT2D eigenvalue weighted by molar-refractivity contribution is 5.81. The lowest BCUT2D eigenvalue weighted by Gasteiger charge is -2.16. The van der Waals surface area contributed by atoms with E-state index in [1.165, 1.54) is 30.5 Å². The number of rotatable bonds is 2. The van der Waals surface area contributed by atoms with Gasteiger partial charge in [-0.05, 0) is 44.2 Å². The van der Waals surface area contributed by atoms with Gasteiger partial charge in [-0.2, -0.15) is 0 Å². The molecule has 1 atom stereocenters. The van der Waals surface area contributed by atoms with E-state index in [2.05, 4.69) is 34.7 Å². The maximum absolute atomic E-state index is 4.75. The third-order valence-electron chi connectivity index (χ3n) is 3.58. The molecule has 0 spiro atoms. The second-order valence-electron chi connectivity index (χ2n) is 5.20. The maximum Gasteiger partial charge on any atom is 0.191 e. The molecule has 0 fully saturated rings. The third-order valence-corrected chi connectivity index (χ3v) is 3.58. The van der Waals surface area contributed by atoms with Gasteiger partial charge in [-0.3, -0.25) is 9.98 Å². The Morgan fingerprint density at radius 1 is 1.33 bits per heavy atom. The standard InChI is InChI=1S/C14H20N4/c1-10-8-15-14(17-10)16-9-12-7-6-11-4-2-3-5-13(11)18-12/h6-7,10H,2-5,8-9H2,1H3,(H2,15,16,17). The largest absolute Gasteiger partial charge is 0.352 e. The highest BCUT2D eigenvalue weighted by atomic mass is 15.2. The highest BCUT2D eigenvalue weighted by Gasteiger charge is 2.13. The first kappa shape index (κ1) is 11.5. The zero-order valence-corrected chi connectivity index (χ0v) is 10.9. The van der Waals surface area contributed by atoms with Crippen LogP contribution in [0, 0.1) is 0 Å². The van der Waals surface area contributed by atoms with E-state index in [0.717, 1.165) is 31.2 Å². The molecule has 0 radical (unpaired) electrons. The van der Waals surface area contributed by atoms with E-state index in [9.17, 15) is 0 Å². The van der Waals surface area contributed by atoms with Crippen molar-refractivity contribution < 1.29 is 0 Å². The molecule has 0 amide bonds. The number of fused-ring (bicyclic) bond motifs is 1. The van der Waals surface area contributed by atoms with Gasteiger partial charge in [0, 0.05) is 11.7 Å². The van der Waals surface area contributed by atoms with E-state index in [0.29, 0.717) is 6.04 Å². The number of pyridine rings is 1. The maximum atomic E-state index is 4.75. The average molecular weight is 244 g/mol. The van der Waals surface area contributed by atoms with Gasteiger partial charge >= 0.3 is 0 Å². The van der Waals surface area contributed by atoms with Crippen molar-refractivity contribution in [2.75, 3.05) is 6.54 Å². The summed E-state index contributed by atoms with van der Waals surface area (Å²) in [7, 11) is 0. The minimum absolute atomic E-state index is 0.448. The van der Waals surface area contributed by atoms with Crippen LogP contribution in [0.3, 0.4) is 0 Å². The molecule has 4 nitrogen and oxygen atoms in total. The molecule has 3 rings (SSSR count). The fourth-order valence-electron chi connectivity index (χ4n) is 2.56. The van der Waals surface area contributed by atoms with Gasteiger partial charge < -0.3 is 10.6 Å². The van der Waals surface area contributed by atoms with Crippen LogP contribution in [0.1, 0.15) is 36.7 Å². The zero-order valence-electron chi connectivity index (χ0n) is 10.9. The fourth-order valence-corrected chi connectivity index (χ4v) is 2.56. The second-order valence-corrected chi connectivity index (χ2v) is 5.20. The summed E-state index contributed by atoms with van der Waals surface area (Å²) in [6.45, 7) is 3.75. The van der Waals surface area contributed by atoms with Crippen LogP contribution in [-0.4, -0.2) is 23.5 Å². The number of aryl methyl sites for hydroxylation is 2. The Labute approximate surface area is 108 Å². The van der Waals surface area contributed by atoms with Crippen molar-refractivity contribution in [2.24, 2.45) is 4.99 Å². The van der Waals surface area contributed by atoms with E-state index >= 15 is 0 Å². The normalized spacial score (nSPS) is 22.1. The molecule has 2 heterocycles. The van der Waals surface area contributed by atoms with Crippen LogP contribution in [0.2, 0.25) is 0 Å². The molecule has 1 aromatic rings. The summed E-state index contributed by atoms with van der Waals surface area (Å²) in [4.78, 5) is 9.13. The Hall–Kier alpha value is -1.58. The molecule has 2 aliphatic rings. The number of aromatic nitrogens is 1. The minimum atomic E-state index is 0.448. The van der Waals surface area contributed by atoms with Crippen LogP contribution in [0.15, 0.2) is 17.1 Å². The molecular formula is C14H20N4. The van der Waals surface area contributed by atoms with Crippen molar-refractivity contribution in [1.82, 2.24) is 15.6 Å². The molecule has 0 saturated heterocycles. The number of guanidine groups is 1. The van der Waals surface area contributed by atoms with Crippen LogP contribution in [0.4, 0.5) is 0 Å². The van der Waals surface area contributed by atoms with Gasteiger partial charge in [0.1, 0.15) is 0 Å². The Kier molecular flexibility index (Phi) is 3.17. The van der Waals surface area contributed by atoms with E-state index < -0.39 is 0 Å². The molecule has 1 aliphatic carbocycles. The van der Waals surface area contributed by atoms with Gasteiger partial charge in [0.2, 0.25) is 0 Å². The third kappa shape index (κ3) is 2.47. The van der Waals surface area contributed by atoms with Gasteiger partial charge in [0.25, 0.3) is 0 Å². The second kappa shape index (κ2) is 4.96. The topological polar surface area (TPSA) is 49.3 Å². The number of nitrogens with one attached hydrogen (secondary N) is 2. The van der Waals surface area contributed by atoms with Gasteiger partial charge in [0.15, 0.2) is 5.96 Å². The molecule has 1 unspecified atom stereocenters. The monoisotopic (exact) mass is 244 g/mol. The average Bonchev–Trinajstić information content (AvgIpc) is 2.82. The summed E-state index contributed by atoms with van der Waals surface area (Å²) in [5.41, 5.74) is 3.85. The van der Waals surface area contributed by atoms with Crippen LogP contribution < -0.4 is 10.6 Å². The number of aliphatic imine (C=N–C) groups is 1. The summed E-state index contributed by atoms with van der Waals surface area (Å²) in [6.07, 6.45) is 4.93. The van der Waals surface area contributed by atoms with E-state index in [1.807, 2.05) is 0 Å². The van der Waals surface area contributed by atoms with Gasteiger partial charge in [-0.1, -0.05) is 6.07 Å². The van der Waals surface area contributed by atoms with Crippen molar-refractivity contribution in [3.63, 3.8) is 0 Å². The first-order chi connectivity index (χ1) is 8.81. The first-order valence-electron chi connectivity index (χ1n) is 6.84. The summed E-state index contributed by atoms with van der Waals surface area (Å²) >= 11 is 0. The molecule has 0 bridgehead atoms. The van der Waals surface area contributed by atoms with Crippen LogP contribution >= 0.6 is 0 Å². The summed E-state index contributed by atoms with van der Waals surface area (Å²) < 4.78 is 0. The minimum Gasteiger partial charge on any atom is -0.352 e. The van der Waals surface area contributed by atoms with Crippen LogP contribution in [0.25, 0.3) is 0 Å². The Bertz CT molecular complexity index is 467. The quantitative estimate of drug-likeness (QED) is 0.826. The van der Waals surface area contributed by atoms with Gasteiger partial charge in [0.05, 0.1) is 18.8 Å². The van der Waals surface area contributed by atoms with Crippen molar-refractivity contribution in [2.45, 2.75) is 45.2 Å². The van der Waals surface area contributed by atoms with Crippen molar-refractivity contribution in [3.8, 4) is 0 Å². The molecule has 1 aromatic heterocycles. The molecule has 4 heteroatoms.